The SMILES string of the molecule is O=C(c1cc2c(cc1Cl)OCCO2)c1cccc(Cl)c1F. The van der Waals surface area contributed by atoms with Crippen molar-refractivity contribution in [3.8, 4) is 11.5 Å². The second-order valence-electron chi connectivity index (χ2n) is 4.41. The highest BCUT2D eigenvalue weighted by Crippen LogP contribution is 2.36. The van der Waals surface area contributed by atoms with E-state index in [1.807, 2.05) is 0 Å². The second kappa shape index (κ2) is 5.54. The highest BCUT2D eigenvalue weighted by atomic mass is 35.5. The number of rotatable bonds is 2. The first-order valence-corrected chi connectivity index (χ1v) is 6.91. The quantitative estimate of drug-likeness (QED) is 0.778. The second-order valence-corrected chi connectivity index (χ2v) is 5.22. The molecule has 0 aromatic heterocycles. The molecule has 0 fully saturated rings. The fourth-order valence-electron chi connectivity index (χ4n) is 2.06. The summed E-state index contributed by atoms with van der Waals surface area (Å²) < 4.78 is 24.7. The van der Waals surface area contributed by atoms with Gasteiger partial charge in [0.05, 0.1) is 15.6 Å². The number of carbonyl (C=O) groups is 1. The van der Waals surface area contributed by atoms with Crippen LogP contribution in [-0.4, -0.2) is 19.0 Å². The molecule has 6 heteroatoms. The lowest BCUT2D eigenvalue weighted by Crippen LogP contribution is -2.16. The summed E-state index contributed by atoms with van der Waals surface area (Å²) in [5.41, 5.74) is 0.00293. The molecule has 0 saturated heterocycles. The van der Waals surface area contributed by atoms with Crippen molar-refractivity contribution in [2.45, 2.75) is 0 Å². The number of benzene rings is 2. The van der Waals surface area contributed by atoms with Crippen molar-refractivity contribution in [1.82, 2.24) is 0 Å². The summed E-state index contributed by atoms with van der Waals surface area (Å²) in [7, 11) is 0. The van der Waals surface area contributed by atoms with Crippen LogP contribution in [0.4, 0.5) is 4.39 Å². The Balaban J connectivity index is 2.07. The van der Waals surface area contributed by atoms with Gasteiger partial charge in [0.2, 0.25) is 0 Å². The molecule has 1 aliphatic rings. The summed E-state index contributed by atoms with van der Waals surface area (Å²) >= 11 is 11.8. The van der Waals surface area contributed by atoms with Crippen LogP contribution in [0.1, 0.15) is 15.9 Å². The fourth-order valence-corrected chi connectivity index (χ4v) is 2.48. The smallest absolute Gasteiger partial charge is 0.197 e. The van der Waals surface area contributed by atoms with Gasteiger partial charge >= 0.3 is 0 Å². The maximum Gasteiger partial charge on any atom is 0.197 e. The lowest BCUT2D eigenvalue weighted by atomic mass is 10.0. The minimum Gasteiger partial charge on any atom is -0.486 e. The maximum atomic E-state index is 14.0. The van der Waals surface area contributed by atoms with Gasteiger partial charge in [-0.05, 0) is 18.2 Å². The van der Waals surface area contributed by atoms with Crippen LogP contribution in [-0.2, 0) is 0 Å². The first kappa shape index (κ1) is 14.2. The predicted octanol–water partition coefficient (Wildman–Crippen LogP) is 4.13. The Morgan fingerprint density at radius 1 is 1.00 bits per heavy atom. The molecular weight excluding hydrogens is 318 g/mol. The first-order chi connectivity index (χ1) is 10.1. The van der Waals surface area contributed by atoms with Gasteiger partial charge in [-0.1, -0.05) is 29.3 Å². The number of hydrogen-bond donors (Lipinski definition) is 0. The summed E-state index contributed by atoms with van der Waals surface area (Å²) in [5.74, 6) is -0.446. The van der Waals surface area contributed by atoms with Crippen molar-refractivity contribution in [1.29, 1.82) is 0 Å². The minimum absolute atomic E-state index is 0.116. The Hall–Kier alpha value is -1.78. The third-order valence-corrected chi connectivity index (χ3v) is 3.68. The molecule has 2 aromatic rings. The zero-order valence-corrected chi connectivity index (χ0v) is 12.2. The molecule has 21 heavy (non-hydrogen) atoms. The first-order valence-electron chi connectivity index (χ1n) is 6.16. The molecule has 0 spiro atoms. The molecule has 0 atom stereocenters. The topological polar surface area (TPSA) is 35.5 Å². The monoisotopic (exact) mass is 326 g/mol. The summed E-state index contributed by atoms with van der Waals surface area (Å²) in [6, 6.07) is 7.19. The van der Waals surface area contributed by atoms with Crippen molar-refractivity contribution < 1.29 is 18.7 Å². The number of hydrogen-bond acceptors (Lipinski definition) is 3. The molecule has 1 heterocycles. The number of carbonyl (C=O) groups excluding carboxylic acids is 1. The molecule has 2 aromatic carbocycles. The van der Waals surface area contributed by atoms with E-state index < -0.39 is 11.6 Å². The van der Waals surface area contributed by atoms with Gasteiger partial charge in [0.1, 0.15) is 13.2 Å². The maximum absolute atomic E-state index is 14.0. The molecule has 0 bridgehead atoms. The number of ether oxygens (including phenoxy) is 2. The molecule has 0 saturated carbocycles. The van der Waals surface area contributed by atoms with E-state index in [4.69, 9.17) is 32.7 Å². The van der Waals surface area contributed by atoms with Crippen LogP contribution in [0.25, 0.3) is 0 Å². The van der Waals surface area contributed by atoms with E-state index in [0.717, 1.165) is 0 Å². The molecule has 0 radical (unpaired) electrons. The summed E-state index contributed by atoms with van der Waals surface area (Å²) in [6.45, 7) is 0.799. The molecule has 108 valence electrons. The van der Waals surface area contributed by atoms with Gasteiger partial charge in [-0.25, -0.2) is 4.39 Å². The van der Waals surface area contributed by atoms with Crippen LogP contribution >= 0.6 is 23.2 Å². The Labute approximate surface area is 130 Å². The average molecular weight is 327 g/mol. The molecule has 0 aliphatic carbocycles. The van der Waals surface area contributed by atoms with Crippen molar-refractivity contribution in [2.24, 2.45) is 0 Å². The molecule has 3 nitrogen and oxygen atoms in total. The highest BCUT2D eigenvalue weighted by molar-refractivity contribution is 6.35. The normalized spacial score (nSPS) is 13.1. The van der Waals surface area contributed by atoms with Gasteiger partial charge in [0.25, 0.3) is 0 Å². The highest BCUT2D eigenvalue weighted by Gasteiger charge is 2.22. The van der Waals surface area contributed by atoms with Crippen LogP contribution in [0, 0.1) is 5.82 Å². The van der Waals surface area contributed by atoms with E-state index in [2.05, 4.69) is 0 Å². The van der Waals surface area contributed by atoms with Gasteiger partial charge in [0, 0.05) is 11.6 Å². The molecule has 0 N–H and O–H groups in total. The van der Waals surface area contributed by atoms with Crippen LogP contribution in [0.2, 0.25) is 10.0 Å². The molecular formula is C15H9Cl2FO3. The van der Waals surface area contributed by atoms with Crippen LogP contribution in [0.15, 0.2) is 30.3 Å². The number of halogens is 3. The predicted molar refractivity (Wildman–Crippen MR) is 77.3 cm³/mol. The van der Waals surface area contributed by atoms with Crippen LogP contribution < -0.4 is 9.47 Å². The molecule has 3 rings (SSSR count). The van der Waals surface area contributed by atoms with Crippen LogP contribution in [0.5, 0.6) is 11.5 Å². The Bertz CT molecular complexity index is 731. The van der Waals surface area contributed by atoms with E-state index in [-0.39, 0.29) is 21.2 Å². The summed E-state index contributed by atoms with van der Waals surface area (Å²) in [5, 5.41) is 0.0538. The van der Waals surface area contributed by atoms with Gasteiger partial charge in [-0.3, -0.25) is 4.79 Å². The average Bonchev–Trinajstić information content (AvgIpc) is 2.48. The zero-order chi connectivity index (χ0) is 15.0. The van der Waals surface area contributed by atoms with E-state index >= 15 is 0 Å². The van der Waals surface area contributed by atoms with E-state index in [0.29, 0.717) is 24.7 Å². The third kappa shape index (κ3) is 2.57. The molecule has 0 amide bonds. The van der Waals surface area contributed by atoms with Crippen molar-refractivity contribution >= 4 is 29.0 Å². The van der Waals surface area contributed by atoms with E-state index in [9.17, 15) is 9.18 Å². The summed E-state index contributed by atoms with van der Waals surface area (Å²) in [4.78, 5) is 12.4. The summed E-state index contributed by atoms with van der Waals surface area (Å²) in [6.07, 6.45) is 0. The largest absolute Gasteiger partial charge is 0.486 e. The van der Waals surface area contributed by atoms with Crippen molar-refractivity contribution in [3.05, 3.63) is 57.3 Å². The lowest BCUT2D eigenvalue weighted by molar-refractivity contribution is 0.103. The van der Waals surface area contributed by atoms with Crippen LogP contribution in [0.3, 0.4) is 0 Å². The Morgan fingerprint density at radius 3 is 2.38 bits per heavy atom. The number of fused-ring (bicyclic) bond motifs is 1. The molecule has 0 unspecified atom stereocenters. The van der Waals surface area contributed by atoms with Crippen molar-refractivity contribution in [3.63, 3.8) is 0 Å². The van der Waals surface area contributed by atoms with Gasteiger partial charge < -0.3 is 9.47 Å². The van der Waals surface area contributed by atoms with Gasteiger partial charge in [0.15, 0.2) is 23.1 Å². The standard InChI is InChI=1S/C15H9Cl2FO3/c16-10-3-1-2-8(14(10)18)15(19)9-6-12-13(7-11(9)17)21-5-4-20-12/h1-3,6-7H,4-5H2. The zero-order valence-electron chi connectivity index (χ0n) is 10.7. The Morgan fingerprint density at radius 2 is 1.67 bits per heavy atom. The lowest BCUT2D eigenvalue weighted by Gasteiger charge is -2.19. The Kier molecular flexibility index (Phi) is 3.74. The fraction of sp³-hybridized carbons (Fsp3) is 0.133. The van der Waals surface area contributed by atoms with Gasteiger partial charge in [-0.15, -0.1) is 0 Å². The van der Waals surface area contributed by atoms with E-state index in [1.165, 1.54) is 30.3 Å². The van der Waals surface area contributed by atoms with E-state index in [1.54, 1.807) is 0 Å². The minimum atomic E-state index is -0.768. The third-order valence-electron chi connectivity index (χ3n) is 3.07. The number of ketones is 1. The van der Waals surface area contributed by atoms with Crippen molar-refractivity contribution in [2.75, 3.05) is 13.2 Å². The molecule has 1 aliphatic heterocycles. The van der Waals surface area contributed by atoms with Gasteiger partial charge in [-0.2, -0.15) is 0 Å².